The van der Waals surface area contributed by atoms with E-state index in [1.807, 2.05) is 17.5 Å². The molecule has 4 nitrogen and oxygen atoms in total. The van der Waals surface area contributed by atoms with Crippen molar-refractivity contribution in [3.8, 4) is 11.5 Å². The Balaban J connectivity index is 1.85. The zero-order valence-corrected chi connectivity index (χ0v) is 13.0. The van der Waals surface area contributed by atoms with Crippen molar-refractivity contribution in [3.63, 3.8) is 0 Å². The largest absolute Gasteiger partial charge is 0.452 e. The summed E-state index contributed by atoms with van der Waals surface area (Å²) in [6, 6.07) is 8.62. The number of ketones is 1. The first-order valence-electron chi connectivity index (χ1n) is 6.88. The maximum atomic E-state index is 12.3. The van der Waals surface area contributed by atoms with Crippen LogP contribution in [-0.2, 0) is 4.79 Å². The first kappa shape index (κ1) is 14.5. The molecule has 1 aliphatic rings. The summed E-state index contributed by atoms with van der Waals surface area (Å²) in [5, 5.41) is 1.93. The van der Waals surface area contributed by atoms with Crippen molar-refractivity contribution in [1.82, 2.24) is 0 Å². The third kappa shape index (κ3) is 2.80. The van der Waals surface area contributed by atoms with Gasteiger partial charge in [0.15, 0.2) is 5.76 Å². The molecule has 0 fully saturated rings. The molecule has 0 N–H and O–H groups in total. The fraction of sp³-hybridized carbons (Fsp3) is 0.176. The van der Waals surface area contributed by atoms with Gasteiger partial charge in [-0.05, 0) is 23.6 Å². The lowest BCUT2D eigenvalue weighted by Gasteiger charge is -2.07. The summed E-state index contributed by atoms with van der Waals surface area (Å²) in [4.78, 5) is 24.8. The molecule has 3 rings (SSSR count). The highest BCUT2D eigenvalue weighted by atomic mass is 32.1. The maximum Gasteiger partial charge on any atom is 0.313 e. The minimum Gasteiger partial charge on any atom is -0.452 e. The van der Waals surface area contributed by atoms with Gasteiger partial charge in [0, 0.05) is 17.0 Å². The van der Waals surface area contributed by atoms with E-state index in [0.29, 0.717) is 17.1 Å². The van der Waals surface area contributed by atoms with Crippen LogP contribution in [0.25, 0.3) is 6.08 Å². The minimum absolute atomic E-state index is 0.162. The number of benzene rings is 1. The molecule has 0 aliphatic carbocycles. The average Bonchev–Trinajstić information content (AvgIpc) is 3.08. The molecule has 0 atom stereocenters. The third-order valence-corrected chi connectivity index (χ3v) is 3.97. The van der Waals surface area contributed by atoms with Crippen molar-refractivity contribution in [2.45, 2.75) is 13.8 Å². The predicted octanol–water partition coefficient (Wildman–Crippen LogP) is 3.93. The number of Topliss-reactive ketones (excluding diaryl/α,β-unsaturated/α-hetero) is 1. The Morgan fingerprint density at radius 1 is 1.32 bits per heavy atom. The van der Waals surface area contributed by atoms with Crippen molar-refractivity contribution < 1.29 is 19.1 Å². The number of rotatable bonds is 3. The average molecular weight is 314 g/mol. The van der Waals surface area contributed by atoms with Gasteiger partial charge in [-0.2, -0.15) is 0 Å². The quantitative estimate of drug-likeness (QED) is 0.489. The number of thiophene rings is 1. The van der Waals surface area contributed by atoms with Crippen LogP contribution < -0.4 is 9.47 Å². The van der Waals surface area contributed by atoms with Crippen LogP contribution in [0.1, 0.15) is 29.1 Å². The zero-order chi connectivity index (χ0) is 15.7. The number of ether oxygens (including phenoxy) is 2. The fourth-order valence-corrected chi connectivity index (χ4v) is 2.61. The Labute approximate surface area is 132 Å². The third-order valence-electron chi connectivity index (χ3n) is 3.15. The normalized spacial score (nSPS) is 15.0. The fourth-order valence-electron chi connectivity index (χ4n) is 1.97. The van der Waals surface area contributed by atoms with Crippen molar-refractivity contribution >= 4 is 29.2 Å². The lowest BCUT2D eigenvalue weighted by atomic mass is 10.1. The van der Waals surface area contributed by atoms with E-state index >= 15 is 0 Å². The summed E-state index contributed by atoms with van der Waals surface area (Å²) in [6.07, 6.45) is 1.72. The molecule has 1 aliphatic heterocycles. The van der Waals surface area contributed by atoms with Gasteiger partial charge in [-0.25, -0.2) is 0 Å². The molecule has 1 aromatic carbocycles. The van der Waals surface area contributed by atoms with Gasteiger partial charge >= 0.3 is 5.97 Å². The van der Waals surface area contributed by atoms with Gasteiger partial charge in [0.1, 0.15) is 11.5 Å². The van der Waals surface area contributed by atoms with Crippen LogP contribution in [0.5, 0.6) is 11.5 Å². The Bertz CT molecular complexity index is 757. The summed E-state index contributed by atoms with van der Waals surface area (Å²) in [5.74, 6) is 0.378. The molecule has 2 heterocycles. The second-order valence-electron chi connectivity index (χ2n) is 5.19. The molecular weight excluding hydrogens is 300 g/mol. The Morgan fingerprint density at radius 3 is 2.82 bits per heavy atom. The second kappa shape index (κ2) is 5.77. The van der Waals surface area contributed by atoms with Crippen LogP contribution >= 0.6 is 11.3 Å². The first-order chi connectivity index (χ1) is 10.5. The van der Waals surface area contributed by atoms with Crippen molar-refractivity contribution in [2.24, 2.45) is 5.92 Å². The molecule has 22 heavy (non-hydrogen) atoms. The molecule has 1 aromatic heterocycles. The number of hydrogen-bond donors (Lipinski definition) is 0. The molecule has 0 radical (unpaired) electrons. The zero-order valence-electron chi connectivity index (χ0n) is 12.2. The molecule has 112 valence electrons. The molecule has 0 unspecified atom stereocenters. The Kier molecular flexibility index (Phi) is 3.81. The summed E-state index contributed by atoms with van der Waals surface area (Å²) in [6.45, 7) is 3.52. The predicted molar refractivity (Wildman–Crippen MR) is 84.2 cm³/mol. The lowest BCUT2D eigenvalue weighted by Crippen LogP contribution is -2.14. The smallest absolute Gasteiger partial charge is 0.313 e. The van der Waals surface area contributed by atoms with Crippen molar-refractivity contribution in [3.05, 3.63) is 51.9 Å². The lowest BCUT2D eigenvalue weighted by molar-refractivity contribution is -0.137. The van der Waals surface area contributed by atoms with Crippen LogP contribution in [0, 0.1) is 5.92 Å². The van der Waals surface area contributed by atoms with Crippen LogP contribution in [0.3, 0.4) is 0 Å². The van der Waals surface area contributed by atoms with E-state index < -0.39 is 0 Å². The summed E-state index contributed by atoms with van der Waals surface area (Å²) in [5.41, 5.74) is 0.479. The van der Waals surface area contributed by atoms with Gasteiger partial charge in [0.25, 0.3) is 0 Å². The van der Waals surface area contributed by atoms with E-state index in [-0.39, 0.29) is 23.4 Å². The van der Waals surface area contributed by atoms with E-state index in [2.05, 4.69) is 0 Å². The molecule has 0 bridgehead atoms. The highest BCUT2D eigenvalue weighted by molar-refractivity contribution is 7.10. The first-order valence-corrected chi connectivity index (χ1v) is 7.76. The van der Waals surface area contributed by atoms with E-state index in [1.54, 1.807) is 38.1 Å². The van der Waals surface area contributed by atoms with E-state index in [4.69, 9.17) is 9.47 Å². The van der Waals surface area contributed by atoms with Gasteiger partial charge in [-0.1, -0.05) is 19.9 Å². The number of carbonyl (C=O) groups excluding carboxylic acids is 2. The van der Waals surface area contributed by atoms with Gasteiger partial charge < -0.3 is 9.47 Å². The van der Waals surface area contributed by atoms with E-state index in [9.17, 15) is 9.59 Å². The molecule has 0 amide bonds. The van der Waals surface area contributed by atoms with Gasteiger partial charge in [0.05, 0.1) is 11.5 Å². The van der Waals surface area contributed by atoms with Crippen molar-refractivity contribution in [1.29, 1.82) is 0 Å². The summed E-state index contributed by atoms with van der Waals surface area (Å²) >= 11 is 1.53. The molecule has 0 saturated carbocycles. The Morgan fingerprint density at radius 2 is 2.14 bits per heavy atom. The van der Waals surface area contributed by atoms with E-state index in [1.165, 1.54) is 11.3 Å². The number of allylic oxidation sites excluding steroid dienone is 1. The van der Waals surface area contributed by atoms with Crippen LogP contribution in [0.2, 0.25) is 0 Å². The monoisotopic (exact) mass is 314 g/mol. The molecule has 2 aromatic rings. The van der Waals surface area contributed by atoms with Crippen molar-refractivity contribution in [2.75, 3.05) is 0 Å². The summed E-state index contributed by atoms with van der Waals surface area (Å²) in [7, 11) is 0. The Hall–Kier alpha value is -2.40. The molecular formula is C17H14O4S. The van der Waals surface area contributed by atoms with E-state index in [0.717, 1.165) is 4.88 Å². The van der Waals surface area contributed by atoms with Gasteiger partial charge in [0.2, 0.25) is 5.78 Å². The van der Waals surface area contributed by atoms with Gasteiger partial charge in [-0.15, -0.1) is 11.3 Å². The summed E-state index contributed by atoms with van der Waals surface area (Å²) < 4.78 is 10.8. The number of fused-ring (bicyclic) bond motifs is 1. The molecule has 0 spiro atoms. The minimum atomic E-state index is -0.321. The van der Waals surface area contributed by atoms with Crippen LogP contribution in [-0.4, -0.2) is 11.8 Å². The van der Waals surface area contributed by atoms with Crippen LogP contribution in [0.15, 0.2) is 41.5 Å². The topological polar surface area (TPSA) is 52.6 Å². The SMILES string of the molecule is CC(C)C(=O)Oc1ccc2c(c1)OC(=Cc1cccs1)C2=O. The number of hydrogen-bond acceptors (Lipinski definition) is 5. The van der Waals surface area contributed by atoms with Gasteiger partial charge in [-0.3, -0.25) is 9.59 Å². The second-order valence-corrected chi connectivity index (χ2v) is 6.17. The highest BCUT2D eigenvalue weighted by Crippen LogP contribution is 2.35. The highest BCUT2D eigenvalue weighted by Gasteiger charge is 2.28. The molecule has 5 heteroatoms. The van der Waals surface area contributed by atoms with Crippen LogP contribution in [0.4, 0.5) is 0 Å². The number of carbonyl (C=O) groups is 2. The maximum absolute atomic E-state index is 12.3. The standard InChI is InChI=1S/C17H14O4S/c1-10(2)17(19)20-11-5-6-13-14(8-11)21-15(16(13)18)9-12-4-3-7-22-12/h3-10H,1-2H3. The molecule has 0 saturated heterocycles. The number of esters is 1.